The summed E-state index contributed by atoms with van der Waals surface area (Å²) in [6.45, 7) is 18.7. The Balaban J connectivity index is 0.000000400. The third-order valence-corrected chi connectivity index (χ3v) is 8.63. The predicted octanol–water partition coefficient (Wildman–Crippen LogP) is 8.84. The van der Waals surface area contributed by atoms with E-state index in [-0.39, 0.29) is 43.5 Å². The van der Waals surface area contributed by atoms with Crippen molar-refractivity contribution in [2.75, 3.05) is 0 Å². The van der Waals surface area contributed by atoms with Crippen LogP contribution in [0.4, 0.5) is 0 Å². The van der Waals surface area contributed by atoms with Crippen molar-refractivity contribution in [3.8, 4) is 22.4 Å². The van der Waals surface area contributed by atoms with Crippen LogP contribution in [0.5, 0.6) is 0 Å². The number of aliphatic hydroxyl groups is 1. The van der Waals surface area contributed by atoms with Gasteiger partial charge in [0.1, 0.15) is 0 Å². The molecule has 0 aliphatic carbocycles. The Morgan fingerprint density at radius 3 is 2.10 bits per heavy atom. The van der Waals surface area contributed by atoms with E-state index in [4.69, 9.17) is 4.98 Å². The van der Waals surface area contributed by atoms with Gasteiger partial charge in [0.2, 0.25) is 0 Å². The van der Waals surface area contributed by atoms with Crippen molar-refractivity contribution < 1.29 is 30.0 Å². The van der Waals surface area contributed by atoms with E-state index >= 15 is 0 Å². The number of rotatable bonds is 6. The molecule has 1 N–H and O–H groups in total. The number of ketones is 1. The number of carbonyl (C=O) groups is 1. The van der Waals surface area contributed by atoms with Gasteiger partial charge in [0.25, 0.3) is 0 Å². The average molecular weight is 729 g/mol. The molecular weight excluding hydrogens is 687 g/mol. The molecule has 0 amide bonds. The fraction of sp³-hybridized carbons (Fsp3) is 0.314. The van der Waals surface area contributed by atoms with Crippen molar-refractivity contribution in [2.24, 2.45) is 11.8 Å². The first-order valence-electron chi connectivity index (χ1n) is 13.7. The summed E-state index contributed by atoms with van der Waals surface area (Å²) in [4.78, 5) is 16.0. The van der Waals surface area contributed by atoms with E-state index in [1.165, 1.54) is 33.3 Å². The van der Waals surface area contributed by atoms with Crippen molar-refractivity contribution in [1.29, 1.82) is 0 Å². The van der Waals surface area contributed by atoms with Gasteiger partial charge in [-0.15, -0.1) is 34.9 Å². The molecular formula is C35H42IrNO2Si-. The van der Waals surface area contributed by atoms with Crippen molar-refractivity contribution >= 4 is 29.9 Å². The number of benzene rings is 3. The summed E-state index contributed by atoms with van der Waals surface area (Å²) in [6.07, 6.45) is 1.31. The minimum Gasteiger partial charge on any atom is -0.512 e. The van der Waals surface area contributed by atoms with Crippen LogP contribution in [0.3, 0.4) is 0 Å². The van der Waals surface area contributed by atoms with Gasteiger partial charge in [-0.25, -0.2) is 0 Å². The summed E-state index contributed by atoms with van der Waals surface area (Å²) in [7, 11) is -1.54. The summed E-state index contributed by atoms with van der Waals surface area (Å²) in [6, 6.07) is 27.5. The van der Waals surface area contributed by atoms with Crippen LogP contribution in [-0.2, 0) is 24.9 Å². The first kappa shape index (κ1) is 33.4. The molecule has 1 heterocycles. The second-order valence-electron chi connectivity index (χ2n) is 11.9. The number of fused-ring (bicyclic) bond motifs is 1. The quantitative estimate of drug-likeness (QED) is 0.0935. The molecule has 0 spiro atoms. The topological polar surface area (TPSA) is 50.2 Å². The van der Waals surface area contributed by atoms with Crippen LogP contribution in [-0.4, -0.2) is 23.9 Å². The zero-order valence-electron chi connectivity index (χ0n) is 25.2. The Morgan fingerprint density at radius 1 is 0.900 bits per heavy atom. The van der Waals surface area contributed by atoms with Crippen molar-refractivity contribution in [2.45, 2.75) is 61.2 Å². The molecule has 5 heteroatoms. The molecule has 0 bridgehead atoms. The molecule has 0 fully saturated rings. The third kappa shape index (κ3) is 8.82. The van der Waals surface area contributed by atoms with Gasteiger partial charge in [0, 0.05) is 38.0 Å². The number of carbonyl (C=O) groups excluding carboxylic acids is 1. The van der Waals surface area contributed by atoms with Crippen molar-refractivity contribution in [1.82, 2.24) is 4.98 Å². The monoisotopic (exact) mass is 729 g/mol. The number of aromatic nitrogens is 1. The molecule has 213 valence electrons. The molecule has 0 aliphatic rings. The van der Waals surface area contributed by atoms with Gasteiger partial charge in [0.05, 0.1) is 19.3 Å². The van der Waals surface area contributed by atoms with Crippen molar-refractivity contribution in [3.63, 3.8) is 0 Å². The first-order valence-corrected chi connectivity index (χ1v) is 17.2. The minimum absolute atomic E-state index is 0. The molecule has 4 aromatic rings. The van der Waals surface area contributed by atoms with Gasteiger partial charge in [0.15, 0.2) is 5.78 Å². The Bertz CT molecular complexity index is 1460. The summed E-state index contributed by atoms with van der Waals surface area (Å²) in [5.74, 6) is 0.161. The SMILES string of the molecule is CC(C)C(=O)/C=C(\O)C(C)C.Cc1[c-]c(-c2ccc3cc(-c4ccccc4)c([Si](C)(C)C)cc3n2)cc(C)c1.[Ir]. The fourth-order valence-corrected chi connectivity index (χ4v) is 5.90. The number of aryl methyl sites for hydroxylation is 2. The Hall–Kier alpha value is -2.85. The number of aliphatic hydroxyl groups excluding tert-OH is 1. The van der Waals surface area contributed by atoms with Gasteiger partial charge in [-0.1, -0.05) is 109 Å². The van der Waals surface area contributed by atoms with Crippen LogP contribution >= 0.6 is 0 Å². The summed E-state index contributed by atoms with van der Waals surface area (Å²) >= 11 is 0. The molecule has 0 saturated heterocycles. The van der Waals surface area contributed by atoms with Crippen LogP contribution in [0, 0.1) is 31.7 Å². The van der Waals surface area contributed by atoms with Gasteiger partial charge in [-0.2, -0.15) is 0 Å². The van der Waals surface area contributed by atoms with Crippen LogP contribution in [0.25, 0.3) is 33.3 Å². The first-order chi connectivity index (χ1) is 18.3. The van der Waals surface area contributed by atoms with Crippen LogP contribution in [0.15, 0.2) is 78.6 Å². The standard InChI is InChI=1S/C26H26NSi.C9H16O2.Ir/c1-18-13-19(2)15-22(14-18)24-12-11-21-16-23(20-9-7-6-8-10-20)26(28(3,4)5)17-25(21)27-24;1-6(2)8(10)5-9(11)7(3)4;/h6-14,16-17H,1-5H3;5-7,10H,1-4H3;/q-1;;/b;8-5-;. The van der Waals surface area contributed by atoms with Gasteiger partial charge < -0.3 is 5.11 Å². The van der Waals surface area contributed by atoms with E-state index in [0.717, 1.165) is 22.3 Å². The van der Waals surface area contributed by atoms with E-state index in [1.807, 2.05) is 27.7 Å². The van der Waals surface area contributed by atoms with Crippen molar-refractivity contribution in [3.05, 3.63) is 95.8 Å². The summed E-state index contributed by atoms with van der Waals surface area (Å²) in [5, 5.41) is 11.8. The normalized spacial score (nSPS) is 11.7. The third-order valence-electron chi connectivity index (χ3n) is 6.60. The smallest absolute Gasteiger partial charge is 0.161 e. The molecule has 0 atom stereocenters. The predicted molar refractivity (Wildman–Crippen MR) is 169 cm³/mol. The molecule has 1 radical (unpaired) electrons. The molecule has 3 nitrogen and oxygen atoms in total. The average Bonchev–Trinajstić information content (AvgIpc) is 2.87. The Labute approximate surface area is 255 Å². The molecule has 3 aromatic carbocycles. The second-order valence-corrected chi connectivity index (χ2v) is 17.0. The number of allylic oxidation sites excluding steroid dienone is 2. The van der Waals surface area contributed by atoms with E-state index < -0.39 is 8.07 Å². The Kier molecular flexibility index (Phi) is 11.8. The molecule has 0 aliphatic heterocycles. The molecule has 4 rings (SSSR count). The van der Waals surface area contributed by atoms with Crippen LogP contribution in [0.2, 0.25) is 19.6 Å². The Morgan fingerprint density at radius 2 is 1.55 bits per heavy atom. The molecule has 1 aromatic heterocycles. The fourth-order valence-electron chi connectivity index (χ4n) is 4.31. The van der Waals surface area contributed by atoms with Gasteiger partial charge >= 0.3 is 0 Å². The zero-order chi connectivity index (χ0) is 28.9. The zero-order valence-corrected chi connectivity index (χ0v) is 28.6. The van der Waals surface area contributed by atoms with E-state index in [9.17, 15) is 9.90 Å². The maximum absolute atomic E-state index is 11.0. The maximum Gasteiger partial charge on any atom is 0.161 e. The van der Waals surface area contributed by atoms with E-state index in [1.54, 1.807) is 0 Å². The van der Waals surface area contributed by atoms with Crippen LogP contribution < -0.4 is 5.19 Å². The van der Waals surface area contributed by atoms with E-state index in [2.05, 4.69) is 106 Å². The number of nitrogens with zero attached hydrogens (tertiary/aromatic N) is 1. The number of hydrogen-bond donors (Lipinski definition) is 1. The number of hydrogen-bond acceptors (Lipinski definition) is 3. The van der Waals surface area contributed by atoms with Gasteiger partial charge in [-0.05, 0) is 34.3 Å². The maximum atomic E-state index is 11.0. The van der Waals surface area contributed by atoms with Crippen LogP contribution in [0.1, 0.15) is 38.8 Å². The number of pyridine rings is 1. The van der Waals surface area contributed by atoms with Gasteiger partial charge in [-0.3, -0.25) is 9.78 Å². The summed E-state index contributed by atoms with van der Waals surface area (Å²) in [5.41, 5.74) is 8.17. The minimum atomic E-state index is -1.54. The molecule has 0 saturated carbocycles. The largest absolute Gasteiger partial charge is 0.512 e. The van der Waals surface area contributed by atoms with E-state index in [0.29, 0.717) is 0 Å². The molecule has 40 heavy (non-hydrogen) atoms. The molecule has 0 unspecified atom stereocenters. The second kappa shape index (κ2) is 14.2. The summed E-state index contributed by atoms with van der Waals surface area (Å²) < 4.78 is 0.